The van der Waals surface area contributed by atoms with E-state index in [1.54, 1.807) is 13.0 Å². The summed E-state index contributed by atoms with van der Waals surface area (Å²) in [5, 5.41) is 2.62. The Morgan fingerprint density at radius 3 is 2.78 bits per heavy atom. The van der Waals surface area contributed by atoms with Gasteiger partial charge in [-0.1, -0.05) is 6.07 Å². The number of benzene rings is 1. The average molecular weight is 362 g/mol. The molecule has 1 amide bonds. The standard InChI is InChI=1S/C12H15IN2O3/c1-3-18-12(17)10(14)11(16)15-9-6-4-5-8(13)7(9)2/h4-6,10H,3,14H2,1-2H3,(H,15,16). The van der Waals surface area contributed by atoms with Gasteiger partial charge in [0.2, 0.25) is 0 Å². The van der Waals surface area contributed by atoms with Gasteiger partial charge in [-0.2, -0.15) is 0 Å². The Labute approximate surface area is 119 Å². The number of hydrogen-bond donors (Lipinski definition) is 2. The van der Waals surface area contributed by atoms with Crippen LogP contribution in [0.3, 0.4) is 0 Å². The molecule has 0 aliphatic carbocycles. The van der Waals surface area contributed by atoms with E-state index in [2.05, 4.69) is 27.9 Å². The van der Waals surface area contributed by atoms with Gasteiger partial charge in [-0.3, -0.25) is 4.79 Å². The minimum atomic E-state index is -1.30. The summed E-state index contributed by atoms with van der Waals surface area (Å²) in [5.41, 5.74) is 7.07. The molecule has 0 radical (unpaired) electrons. The predicted molar refractivity (Wildman–Crippen MR) is 77.1 cm³/mol. The molecule has 1 unspecified atom stereocenters. The molecular weight excluding hydrogens is 347 g/mol. The molecule has 0 heterocycles. The highest BCUT2D eigenvalue weighted by molar-refractivity contribution is 14.1. The van der Waals surface area contributed by atoms with Crippen LogP contribution in [0.5, 0.6) is 0 Å². The lowest BCUT2D eigenvalue weighted by atomic mass is 10.2. The van der Waals surface area contributed by atoms with Crippen molar-refractivity contribution in [1.82, 2.24) is 0 Å². The Morgan fingerprint density at radius 1 is 1.50 bits per heavy atom. The van der Waals surface area contributed by atoms with Gasteiger partial charge in [-0.05, 0) is 54.1 Å². The third-order valence-electron chi connectivity index (χ3n) is 2.35. The van der Waals surface area contributed by atoms with Crippen LogP contribution in [0.2, 0.25) is 0 Å². The summed E-state index contributed by atoms with van der Waals surface area (Å²) in [7, 11) is 0. The molecule has 0 fully saturated rings. The van der Waals surface area contributed by atoms with Gasteiger partial charge in [-0.15, -0.1) is 0 Å². The molecule has 0 aromatic heterocycles. The number of rotatable bonds is 4. The number of carbonyl (C=O) groups is 2. The van der Waals surface area contributed by atoms with Crippen LogP contribution in [-0.4, -0.2) is 24.5 Å². The summed E-state index contributed by atoms with van der Waals surface area (Å²) in [5.74, 6) is -1.29. The van der Waals surface area contributed by atoms with Crippen LogP contribution in [0.1, 0.15) is 12.5 Å². The number of carbonyl (C=O) groups excluding carboxylic acids is 2. The van der Waals surface area contributed by atoms with E-state index in [9.17, 15) is 9.59 Å². The number of nitrogens with two attached hydrogens (primary N) is 1. The first-order valence-corrected chi connectivity index (χ1v) is 6.53. The van der Waals surface area contributed by atoms with Gasteiger partial charge in [0.15, 0.2) is 6.04 Å². The second kappa shape index (κ2) is 6.69. The number of esters is 1. The lowest BCUT2D eigenvalue weighted by molar-refractivity contribution is -0.146. The molecule has 98 valence electrons. The fourth-order valence-corrected chi connectivity index (χ4v) is 1.79. The highest BCUT2D eigenvalue weighted by Gasteiger charge is 2.23. The van der Waals surface area contributed by atoms with E-state index < -0.39 is 17.9 Å². The SMILES string of the molecule is CCOC(=O)C(N)C(=O)Nc1cccc(I)c1C. The molecule has 3 N–H and O–H groups in total. The monoisotopic (exact) mass is 362 g/mol. The number of halogens is 1. The molecule has 1 rings (SSSR count). The van der Waals surface area contributed by atoms with Crippen LogP contribution in [-0.2, 0) is 14.3 Å². The van der Waals surface area contributed by atoms with Crippen molar-refractivity contribution in [2.45, 2.75) is 19.9 Å². The first-order chi connectivity index (χ1) is 8.47. The first kappa shape index (κ1) is 14.9. The van der Waals surface area contributed by atoms with E-state index in [1.807, 2.05) is 19.1 Å². The molecule has 1 aromatic carbocycles. The Kier molecular flexibility index (Phi) is 5.54. The van der Waals surface area contributed by atoms with Crippen molar-refractivity contribution in [3.8, 4) is 0 Å². The largest absolute Gasteiger partial charge is 0.464 e. The van der Waals surface area contributed by atoms with Crippen LogP contribution in [0, 0.1) is 10.5 Å². The zero-order valence-electron chi connectivity index (χ0n) is 10.2. The van der Waals surface area contributed by atoms with E-state index in [-0.39, 0.29) is 6.61 Å². The molecule has 5 nitrogen and oxygen atoms in total. The summed E-state index contributed by atoms with van der Waals surface area (Å²) < 4.78 is 5.71. The Morgan fingerprint density at radius 2 is 2.17 bits per heavy atom. The maximum atomic E-state index is 11.8. The molecule has 18 heavy (non-hydrogen) atoms. The van der Waals surface area contributed by atoms with E-state index in [0.29, 0.717) is 5.69 Å². The normalized spacial score (nSPS) is 11.8. The van der Waals surface area contributed by atoms with E-state index in [0.717, 1.165) is 9.13 Å². The lowest BCUT2D eigenvalue weighted by Crippen LogP contribution is -2.43. The maximum Gasteiger partial charge on any atom is 0.332 e. The quantitative estimate of drug-likeness (QED) is 0.482. The Balaban J connectivity index is 2.75. The van der Waals surface area contributed by atoms with Crippen molar-refractivity contribution in [3.05, 3.63) is 27.3 Å². The third-order valence-corrected chi connectivity index (χ3v) is 3.52. The summed E-state index contributed by atoms with van der Waals surface area (Å²) in [4.78, 5) is 23.1. The minimum absolute atomic E-state index is 0.197. The molecule has 0 spiro atoms. The maximum absolute atomic E-state index is 11.8. The fraction of sp³-hybridized carbons (Fsp3) is 0.333. The summed E-state index contributed by atoms with van der Waals surface area (Å²) in [6.45, 7) is 3.74. The van der Waals surface area contributed by atoms with Gasteiger partial charge in [-0.25, -0.2) is 4.79 Å². The minimum Gasteiger partial charge on any atom is -0.464 e. The van der Waals surface area contributed by atoms with Gasteiger partial charge in [0.25, 0.3) is 5.91 Å². The van der Waals surface area contributed by atoms with Crippen LogP contribution >= 0.6 is 22.6 Å². The molecule has 0 saturated heterocycles. The van der Waals surface area contributed by atoms with Gasteiger partial charge in [0, 0.05) is 9.26 Å². The first-order valence-electron chi connectivity index (χ1n) is 5.45. The van der Waals surface area contributed by atoms with E-state index >= 15 is 0 Å². The van der Waals surface area contributed by atoms with Gasteiger partial charge >= 0.3 is 5.97 Å². The highest BCUT2D eigenvalue weighted by Crippen LogP contribution is 2.20. The molecule has 1 aromatic rings. The fourth-order valence-electron chi connectivity index (χ4n) is 1.29. The third kappa shape index (κ3) is 3.67. The summed E-state index contributed by atoms with van der Waals surface area (Å²) >= 11 is 2.17. The number of hydrogen-bond acceptors (Lipinski definition) is 4. The number of anilines is 1. The summed E-state index contributed by atoms with van der Waals surface area (Å²) in [6.07, 6.45) is 0. The molecule has 0 aliphatic rings. The van der Waals surface area contributed by atoms with Crippen molar-refractivity contribution in [2.75, 3.05) is 11.9 Å². The molecular formula is C12H15IN2O3. The Bertz CT molecular complexity index is 463. The van der Waals surface area contributed by atoms with Crippen molar-refractivity contribution < 1.29 is 14.3 Å². The summed E-state index contributed by atoms with van der Waals surface area (Å²) in [6, 6.07) is 4.20. The van der Waals surface area contributed by atoms with Crippen molar-refractivity contribution in [1.29, 1.82) is 0 Å². The number of ether oxygens (including phenoxy) is 1. The molecule has 0 aliphatic heterocycles. The Hall–Kier alpha value is -1.15. The topological polar surface area (TPSA) is 81.4 Å². The van der Waals surface area contributed by atoms with Gasteiger partial charge in [0.1, 0.15) is 0 Å². The molecule has 1 atom stereocenters. The van der Waals surface area contributed by atoms with E-state index in [4.69, 9.17) is 10.5 Å². The van der Waals surface area contributed by atoms with Crippen LogP contribution in [0.15, 0.2) is 18.2 Å². The number of amides is 1. The second-order valence-corrected chi connectivity index (χ2v) is 4.79. The van der Waals surface area contributed by atoms with Gasteiger partial charge < -0.3 is 15.8 Å². The predicted octanol–water partition coefficient (Wildman–Crippen LogP) is 1.43. The number of nitrogens with one attached hydrogen (secondary N) is 1. The molecule has 6 heteroatoms. The van der Waals surface area contributed by atoms with Crippen LogP contribution < -0.4 is 11.1 Å². The van der Waals surface area contributed by atoms with E-state index in [1.165, 1.54) is 0 Å². The molecule has 0 saturated carbocycles. The molecule has 0 bridgehead atoms. The van der Waals surface area contributed by atoms with Crippen molar-refractivity contribution in [2.24, 2.45) is 5.73 Å². The zero-order chi connectivity index (χ0) is 13.7. The van der Waals surface area contributed by atoms with Crippen molar-refractivity contribution >= 4 is 40.2 Å². The average Bonchev–Trinajstić information content (AvgIpc) is 2.34. The van der Waals surface area contributed by atoms with Gasteiger partial charge in [0.05, 0.1) is 6.61 Å². The highest BCUT2D eigenvalue weighted by atomic mass is 127. The second-order valence-electron chi connectivity index (χ2n) is 3.63. The van der Waals surface area contributed by atoms with Crippen LogP contribution in [0.4, 0.5) is 5.69 Å². The smallest absolute Gasteiger partial charge is 0.332 e. The van der Waals surface area contributed by atoms with Crippen molar-refractivity contribution in [3.63, 3.8) is 0 Å². The van der Waals surface area contributed by atoms with Crippen LogP contribution in [0.25, 0.3) is 0 Å². The zero-order valence-corrected chi connectivity index (χ0v) is 12.4. The lowest BCUT2D eigenvalue weighted by Gasteiger charge is -2.13.